The zero-order valence-corrected chi connectivity index (χ0v) is 19.8. The molecule has 0 N–H and O–H groups in total. The molecule has 0 unspecified atom stereocenters. The van der Waals surface area contributed by atoms with E-state index in [0.29, 0.717) is 0 Å². The Hall–Kier alpha value is -1.68. The number of benzene rings is 1. The van der Waals surface area contributed by atoms with Crippen molar-refractivity contribution in [2.45, 2.75) is 104 Å². The molecule has 0 atom stereocenters. The summed E-state index contributed by atoms with van der Waals surface area (Å²) in [7, 11) is 0. The Labute approximate surface area is 185 Å². The Morgan fingerprint density at radius 2 is 1.33 bits per heavy atom. The maximum absolute atomic E-state index is 4.48. The summed E-state index contributed by atoms with van der Waals surface area (Å²) >= 11 is 0. The highest BCUT2D eigenvalue weighted by molar-refractivity contribution is 5.38. The standard InChI is InChI=1S/C26H44N4/c1-4-6-8-10-12-16-20-29(21-17-13-11-9-7-5-2)22-25-23-30(28-27-25)26-19-15-14-18-24(26)3/h14-15,18-19,23H,4-13,16-17,20-22H2,1-3H3. The van der Waals surface area contributed by atoms with Gasteiger partial charge in [-0.1, -0.05) is 101 Å². The zero-order chi connectivity index (χ0) is 21.4. The van der Waals surface area contributed by atoms with Crippen LogP contribution in [0.2, 0.25) is 0 Å². The average Bonchev–Trinajstić information content (AvgIpc) is 3.21. The van der Waals surface area contributed by atoms with Crippen LogP contribution in [0.15, 0.2) is 30.5 Å². The molecule has 2 aromatic rings. The molecule has 0 bridgehead atoms. The van der Waals surface area contributed by atoms with E-state index in [9.17, 15) is 0 Å². The molecule has 30 heavy (non-hydrogen) atoms. The summed E-state index contributed by atoms with van der Waals surface area (Å²) in [6, 6.07) is 8.37. The highest BCUT2D eigenvalue weighted by Gasteiger charge is 2.10. The molecule has 0 saturated heterocycles. The number of rotatable bonds is 17. The highest BCUT2D eigenvalue weighted by atomic mass is 15.4. The maximum Gasteiger partial charge on any atom is 0.0971 e. The molecule has 168 valence electrons. The van der Waals surface area contributed by atoms with Crippen LogP contribution in [0.3, 0.4) is 0 Å². The van der Waals surface area contributed by atoms with Crippen molar-refractivity contribution in [2.24, 2.45) is 0 Å². The number of hydrogen-bond acceptors (Lipinski definition) is 3. The van der Waals surface area contributed by atoms with Crippen molar-refractivity contribution in [3.63, 3.8) is 0 Å². The number of para-hydroxylation sites is 1. The fourth-order valence-electron chi connectivity index (χ4n) is 4.04. The van der Waals surface area contributed by atoms with Crippen LogP contribution in [0, 0.1) is 6.92 Å². The molecule has 0 fully saturated rings. The van der Waals surface area contributed by atoms with Gasteiger partial charge in [0.25, 0.3) is 0 Å². The molecule has 1 aromatic carbocycles. The van der Waals surface area contributed by atoms with Gasteiger partial charge in [-0.3, -0.25) is 4.90 Å². The minimum atomic E-state index is 0.913. The first kappa shape index (κ1) is 24.6. The minimum absolute atomic E-state index is 0.913. The molecule has 4 heteroatoms. The second-order valence-corrected chi connectivity index (χ2v) is 8.75. The van der Waals surface area contributed by atoms with Crippen LogP contribution in [0.4, 0.5) is 0 Å². The Morgan fingerprint density at radius 1 is 0.767 bits per heavy atom. The Balaban J connectivity index is 1.85. The number of unbranched alkanes of at least 4 members (excludes halogenated alkanes) is 10. The summed E-state index contributed by atoms with van der Waals surface area (Å²) in [5, 5.41) is 8.88. The molecule has 1 aromatic heterocycles. The van der Waals surface area contributed by atoms with Crippen LogP contribution in [-0.2, 0) is 6.54 Å². The Morgan fingerprint density at radius 3 is 1.93 bits per heavy atom. The minimum Gasteiger partial charge on any atom is -0.297 e. The molecular weight excluding hydrogens is 368 g/mol. The van der Waals surface area contributed by atoms with Crippen molar-refractivity contribution in [1.29, 1.82) is 0 Å². The van der Waals surface area contributed by atoms with Gasteiger partial charge in [0.1, 0.15) is 0 Å². The second-order valence-electron chi connectivity index (χ2n) is 8.75. The van der Waals surface area contributed by atoms with Gasteiger partial charge in [0.2, 0.25) is 0 Å². The van der Waals surface area contributed by atoms with Crippen molar-refractivity contribution in [3.8, 4) is 5.69 Å². The van der Waals surface area contributed by atoms with Gasteiger partial charge in [0, 0.05) is 6.54 Å². The average molecular weight is 413 g/mol. The SMILES string of the molecule is CCCCCCCCN(CCCCCCCC)Cc1cn(-c2ccccc2C)nn1. The van der Waals surface area contributed by atoms with E-state index < -0.39 is 0 Å². The lowest BCUT2D eigenvalue weighted by atomic mass is 10.1. The molecule has 1 heterocycles. The van der Waals surface area contributed by atoms with E-state index in [-0.39, 0.29) is 0 Å². The third-order valence-electron chi connectivity index (χ3n) is 5.94. The summed E-state index contributed by atoms with van der Waals surface area (Å²) < 4.78 is 1.93. The maximum atomic E-state index is 4.48. The predicted molar refractivity (Wildman–Crippen MR) is 128 cm³/mol. The van der Waals surface area contributed by atoms with Gasteiger partial charge in [-0.05, 0) is 44.5 Å². The number of aryl methyl sites for hydroxylation is 1. The fourth-order valence-corrected chi connectivity index (χ4v) is 4.04. The third-order valence-corrected chi connectivity index (χ3v) is 5.94. The van der Waals surface area contributed by atoms with Crippen molar-refractivity contribution in [3.05, 3.63) is 41.7 Å². The van der Waals surface area contributed by atoms with E-state index in [0.717, 1.165) is 17.9 Å². The van der Waals surface area contributed by atoms with E-state index in [1.165, 1.54) is 95.7 Å². The van der Waals surface area contributed by atoms with Crippen molar-refractivity contribution in [1.82, 2.24) is 19.9 Å². The van der Waals surface area contributed by atoms with Crippen LogP contribution < -0.4 is 0 Å². The summed E-state index contributed by atoms with van der Waals surface area (Å²) in [5.74, 6) is 0. The van der Waals surface area contributed by atoms with E-state index >= 15 is 0 Å². The van der Waals surface area contributed by atoms with E-state index in [1.54, 1.807) is 0 Å². The van der Waals surface area contributed by atoms with Crippen LogP contribution in [0.5, 0.6) is 0 Å². The highest BCUT2D eigenvalue weighted by Crippen LogP contribution is 2.14. The van der Waals surface area contributed by atoms with Gasteiger partial charge in [-0.25, -0.2) is 4.68 Å². The lowest BCUT2D eigenvalue weighted by molar-refractivity contribution is 0.249. The molecule has 0 radical (unpaired) electrons. The molecule has 0 aliphatic rings. The zero-order valence-electron chi connectivity index (χ0n) is 19.8. The van der Waals surface area contributed by atoms with Gasteiger partial charge in [-0.15, -0.1) is 5.10 Å². The first-order chi connectivity index (χ1) is 14.7. The summed E-state index contributed by atoms with van der Waals surface area (Å²) in [4.78, 5) is 2.60. The predicted octanol–water partition coefficient (Wildman–Crippen LogP) is 7.10. The van der Waals surface area contributed by atoms with Crippen molar-refractivity contribution in [2.75, 3.05) is 13.1 Å². The van der Waals surface area contributed by atoms with Gasteiger partial charge in [0.15, 0.2) is 0 Å². The van der Waals surface area contributed by atoms with Crippen LogP contribution in [0.1, 0.15) is 102 Å². The summed E-state index contributed by atoms with van der Waals surface area (Å²) in [6.45, 7) is 9.96. The van der Waals surface area contributed by atoms with Gasteiger partial charge >= 0.3 is 0 Å². The number of hydrogen-bond donors (Lipinski definition) is 0. The monoisotopic (exact) mass is 412 g/mol. The molecule has 0 aliphatic carbocycles. The normalized spacial score (nSPS) is 11.5. The lowest BCUT2D eigenvalue weighted by Gasteiger charge is -2.21. The van der Waals surface area contributed by atoms with E-state index in [4.69, 9.17) is 0 Å². The molecule has 2 rings (SSSR count). The van der Waals surface area contributed by atoms with Gasteiger partial charge < -0.3 is 0 Å². The molecular formula is C26H44N4. The third kappa shape index (κ3) is 9.42. The van der Waals surface area contributed by atoms with E-state index in [1.807, 2.05) is 4.68 Å². The molecule has 0 amide bonds. The second kappa shape index (κ2) is 15.2. The van der Waals surface area contributed by atoms with Gasteiger partial charge in [-0.2, -0.15) is 0 Å². The molecule has 0 aliphatic heterocycles. The van der Waals surface area contributed by atoms with Crippen LogP contribution in [-0.4, -0.2) is 33.0 Å². The van der Waals surface area contributed by atoms with Crippen molar-refractivity contribution < 1.29 is 0 Å². The van der Waals surface area contributed by atoms with E-state index in [2.05, 4.69) is 66.4 Å². The van der Waals surface area contributed by atoms with Crippen LogP contribution >= 0.6 is 0 Å². The topological polar surface area (TPSA) is 34.0 Å². The number of nitrogens with zero attached hydrogens (tertiary/aromatic N) is 4. The van der Waals surface area contributed by atoms with Gasteiger partial charge in [0.05, 0.1) is 17.6 Å². The number of aromatic nitrogens is 3. The first-order valence-electron chi connectivity index (χ1n) is 12.4. The van der Waals surface area contributed by atoms with Crippen LogP contribution in [0.25, 0.3) is 5.69 Å². The smallest absolute Gasteiger partial charge is 0.0971 e. The van der Waals surface area contributed by atoms with Crippen molar-refractivity contribution >= 4 is 0 Å². The first-order valence-corrected chi connectivity index (χ1v) is 12.4. The molecule has 0 spiro atoms. The molecule has 0 saturated carbocycles. The summed E-state index contributed by atoms with van der Waals surface area (Å²) in [6.07, 6.45) is 18.3. The fraction of sp³-hybridized carbons (Fsp3) is 0.692. The lowest BCUT2D eigenvalue weighted by Crippen LogP contribution is -2.26. The Kier molecular flexibility index (Phi) is 12.4. The largest absolute Gasteiger partial charge is 0.297 e. The quantitative estimate of drug-likeness (QED) is 0.260. The summed E-state index contributed by atoms with van der Waals surface area (Å²) in [5.41, 5.74) is 3.43. The Bertz CT molecular complexity index is 663. The molecule has 4 nitrogen and oxygen atoms in total.